The van der Waals surface area contributed by atoms with Crippen molar-refractivity contribution in [2.24, 2.45) is 0 Å². The Morgan fingerprint density at radius 2 is 2.00 bits per heavy atom. The summed E-state index contributed by atoms with van der Waals surface area (Å²) in [6.45, 7) is 0. The first-order valence-electron chi connectivity index (χ1n) is 5.39. The molecule has 0 saturated heterocycles. The Morgan fingerprint density at radius 3 is 2.62 bits per heavy atom. The van der Waals surface area contributed by atoms with Crippen molar-refractivity contribution in [3.8, 4) is 0 Å². The second kappa shape index (κ2) is 5.96. The molecule has 0 radical (unpaired) electrons. The molecule has 0 aliphatic heterocycles. The maximum atomic E-state index is 11.6. The van der Waals surface area contributed by atoms with Gasteiger partial charge in [0.1, 0.15) is 11.3 Å². The van der Waals surface area contributed by atoms with Crippen LogP contribution in [0.25, 0.3) is 0 Å². The van der Waals surface area contributed by atoms with Crippen LogP contribution in [0.1, 0.15) is 0 Å². The number of nitrogens with one attached hydrogen (secondary N) is 3. The van der Waals surface area contributed by atoms with Crippen molar-refractivity contribution >= 4 is 40.7 Å². The van der Waals surface area contributed by atoms with Crippen LogP contribution >= 0.6 is 11.6 Å². The smallest absolute Gasteiger partial charge is 0.316 e. The number of hydrogen-bond acceptors (Lipinski definition) is 6. The fraction of sp³-hybridized carbons (Fsp3) is 0. The summed E-state index contributed by atoms with van der Waals surface area (Å²) in [6, 6.07) is 3.61. The first kappa shape index (κ1) is 14.4. The van der Waals surface area contributed by atoms with Gasteiger partial charge in [0.25, 0.3) is 5.69 Å². The molecule has 0 saturated carbocycles. The third-order valence-corrected chi connectivity index (χ3v) is 2.57. The van der Waals surface area contributed by atoms with Gasteiger partial charge in [0.05, 0.1) is 4.92 Å². The Morgan fingerprint density at radius 1 is 1.29 bits per heavy atom. The van der Waals surface area contributed by atoms with E-state index in [4.69, 9.17) is 11.6 Å². The van der Waals surface area contributed by atoms with E-state index in [2.05, 4.69) is 25.8 Å². The number of benzene rings is 1. The number of aromatic amines is 1. The molecule has 1 aromatic heterocycles. The van der Waals surface area contributed by atoms with Gasteiger partial charge in [-0.1, -0.05) is 11.6 Å². The Kier molecular flexibility index (Phi) is 4.09. The Bertz CT molecular complexity index is 702. The van der Waals surface area contributed by atoms with Crippen LogP contribution in [0.15, 0.2) is 24.5 Å². The number of anilines is 2. The minimum absolute atomic E-state index is 0.00256. The molecule has 0 aliphatic rings. The average Bonchev–Trinajstić information content (AvgIpc) is 2.93. The van der Waals surface area contributed by atoms with Crippen LogP contribution in [0.3, 0.4) is 0 Å². The number of aromatic nitrogens is 3. The zero-order chi connectivity index (χ0) is 15.4. The number of nitro benzene ring substituents is 1. The number of hydrogen-bond donors (Lipinski definition) is 3. The molecule has 21 heavy (non-hydrogen) atoms. The number of nitro groups is 1. The van der Waals surface area contributed by atoms with E-state index in [1.807, 2.05) is 0 Å². The standard InChI is InChI=1S/C10H7ClN6O4/c11-6-2-1-5(3-7(6)17(20)21)14-8(18)9(19)15-10-12-4-13-16-10/h1-4H,(H,14,18)(H2,12,13,15,16,19). The van der Waals surface area contributed by atoms with E-state index in [0.29, 0.717) is 0 Å². The van der Waals surface area contributed by atoms with Crippen LogP contribution in [0.2, 0.25) is 5.02 Å². The lowest BCUT2D eigenvalue weighted by Crippen LogP contribution is -2.29. The monoisotopic (exact) mass is 310 g/mol. The van der Waals surface area contributed by atoms with Crippen LogP contribution in [-0.4, -0.2) is 31.9 Å². The van der Waals surface area contributed by atoms with Gasteiger partial charge in [-0.3, -0.25) is 25.0 Å². The highest BCUT2D eigenvalue weighted by Crippen LogP contribution is 2.27. The molecule has 108 valence electrons. The molecule has 1 aromatic carbocycles. The first-order chi connectivity index (χ1) is 9.97. The minimum Gasteiger partial charge on any atom is -0.318 e. The topological polar surface area (TPSA) is 143 Å². The summed E-state index contributed by atoms with van der Waals surface area (Å²) in [5, 5.41) is 20.8. The number of halogens is 1. The van der Waals surface area contributed by atoms with Gasteiger partial charge in [0.2, 0.25) is 5.95 Å². The largest absolute Gasteiger partial charge is 0.318 e. The van der Waals surface area contributed by atoms with Crippen molar-refractivity contribution in [3.63, 3.8) is 0 Å². The fourth-order valence-electron chi connectivity index (χ4n) is 1.35. The molecule has 3 N–H and O–H groups in total. The number of amides is 2. The Labute approximate surface area is 121 Å². The number of carbonyl (C=O) groups is 2. The molecule has 0 atom stereocenters. The van der Waals surface area contributed by atoms with Gasteiger partial charge >= 0.3 is 11.8 Å². The Hall–Kier alpha value is -3.01. The molecule has 10 nitrogen and oxygen atoms in total. The molecular formula is C10H7ClN6O4. The molecule has 0 bridgehead atoms. The molecule has 11 heteroatoms. The summed E-state index contributed by atoms with van der Waals surface area (Å²) in [5.41, 5.74) is -0.325. The summed E-state index contributed by atoms with van der Waals surface area (Å²) in [7, 11) is 0. The average molecular weight is 311 g/mol. The highest BCUT2D eigenvalue weighted by atomic mass is 35.5. The van der Waals surface area contributed by atoms with Crippen molar-refractivity contribution in [2.75, 3.05) is 10.6 Å². The summed E-state index contributed by atoms with van der Waals surface area (Å²) < 4.78 is 0. The maximum Gasteiger partial charge on any atom is 0.316 e. The summed E-state index contributed by atoms with van der Waals surface area (Å²) >= 11 is 5.63. The molecule has 2 amide bonds. The predicted molar refractivity (Wildman–Crippen MR) is 71.7 cm³/mol. The van der Waals surface area contributed by atoms with Crippen molar-refractivity contribution in [2.45, 2.75) is 0 Å². The number of rotatable bonds is 3. The molecule has 0 aliphatic carbocycles. The van der Waals surface area contributed by atoms with Gasteiger partial charge in [-0.2, -0.15) is 10.1 Å². The Balaban J connectivity index is 2.07. The van der Waals surface area contributed by atoms with Gasteiger partial charge < -0.3 is 5.32 Å². The van der Waals surface area contributed by atoms with Crippen molar-refractivity contribution in [1.82, 2.24) is 15.2 Å². The molecule has 0 unspecified atom stereocenters. The van der Waals surface area contributed by atoms with Gasteiger partial charge in [-0.05, 0) is 12.1 Å². The van der Waals surface area contributed by atoms with Crippen molar-refractivity contribution in [1.29, 1.82) is 0 Å². The van der Waals surface area contributed by atoms with Crippen molar-refractivity contribution < 1.29 is 14.5 Å². The zero-order valence-electron chi connectivity index (χ0n) is 10.2. The fourth-order valence-corrected chi connectivity index (χ4v) is 1.53. The summed E-state index contributed by atoms with van der Waals surface area (Å²) in [6.07, 6.45) is 1.15. The third kappa shape index (κ3) is 3.51. The molecule has 0 spiro atoms. The number of nitrogens with zero attached hydrogens (tertiary/aromatic N) is 3. The lowest BCUT2D eigenvalue weighted by molar-refractivity contribution is -0.384. The SMILES string of the molecule is O=C(Nc1ccc(Cl)c([N+](=O)[O-])c1)C(=O)Nc1ncn[nH]1. The van der Waals surface area contributed by atoms with Gasteiger partial charge in [-0.15, -0.1) is 0 Å². The molecule has 2 aromatic rings. The normalized spacial score (nSPS) is 9.95. The minimum atomic E-state index is -1.02. The van der Waals surface area contributed by atoms with Gasteiger partial charge in [0, 0.05) is 11.8 Å². The lowest BCUT2D eigenvalue weighted by Gasteiger charge is -2.05. The van der Waals surface area contributed by atoms with Crippen LogP contribution in [0.4, 0.5) is 17.3 Å². The quantitative estimate of drug-likeness (QED) is 0.437. The number of carbonyl (C=O) groups excluding carboxylic acids is 2. The third-order valence-electron chi connectivity index (χ3n) is 2.25. The highest BCUT2D eigenvalue weighted by molar-refractivity contribution is 6.43. The maximum absolute atomic E-state index is 11.6. The zero-order valence-corrected chi connectivity index (χ0v) is 10.9. The number of H-pyrrole nitrogens is 1. The highest BCUT2D eigenvalue weighted by Gasteiger charge is 2.18. The van der Waals surface area contributed by atoms with Crippen molar-refractivity contribution in [3.05, 3.63) is 39.7 Å². The van der Waals surface area contributed by atoms with E-state index in [1.54, 1.807) is 0 Å². The molecular weight excluding hydrogens is 304 g/mol. The van der Waals surface area contributed by atoms with Gasteiger partial charge in [-0.25, -0.2) is 5.10 Å². The van der Waals surface area contributed by atoms with E-state index in [-0.39, 0.29) is 22.3 Å². The summed E-state index contributed by atoms with van der Waals surface area (Å²) in [4.78, 5) is 36.8. The molecule has 1 heterocycles. The van der Waals surface area contributed by atoms with Crippen LogP contribution in [-0.2, 0) is 9.59 Å². The summed E-state index contributed by atoms with van der Waals surface area (Å²) in [5.74, 6) is -2.04. The predicted octanol–water partition coefficient (Wildman–Crippen LogP) is 0.943. The second-order valence-corrected chi connectivity index (χ2v) is 4.07. The van der Waals surface area contributed by atoms with Crippen LogP contribution < -0.4 is 10.6 Å². The van der Waals surface area contributed by atoms with Crippen LogP contribution in [0.5, 0.6) is 0 Å². The van der Waals surface area contributed by atoms with E-state index in [0.717, 1.165) is 12.4 Å². The van der Waals surface area contributed by atoms with Crippen LogP contribution in [0, 0.1) is 10.1 Å². The molecule has 2 rings (SSSR count). The second-order valence-electron chi connectivity index (χ2n) is 3.67. The van der Waals surface area contributed by atoms with E-state index in [9.17, 15) is 19.7 Å². The van der Waals surface area contributed by atoms with E-state index >= 15 is 0 Å². The lowest BCUT2D eigenvalue weighted by atomic mass is 10.2. The van der Waals surface area contributed by atoms with Gasteiger partial charge in [0.15, 0.2) is 0 Å². The molecule has 0 fully saturated rings. The van der Waals surface area contributed by atoms with E-state index in [1.165, 1.54) is 12.1 Å². The van der Waals surface area contributed by atoms with E-state index < -0.39 is 16.7 Å². The first-order valence-corrected chi connectivity index (χ1v) is 5.77.